The highest BCUT2D eigenvalue weighted by Crippen LogP contribution is 2.33. The lowest BCUT2D eigenvalue weighted by Crippen LogP contribution is -2.52. The van der Waals surface area contributed by atoms with Crippen molar-refractivity contribution in [2.75, 3.05) is 20.6 Å². The smallest absolute Gasteiger partial charge is 0.188 e. The third kappa shape index (κ3) is 6.74. The van der Waals surface area contributed by atoms with Gasteiger partial charge in [0.2, 0.25) is 0 Å². The molecule has 4 N–H and O–H groups in total. The van der Waals surface area contributed by atoms with Crippen molar-refractivity contribution in [3.05, 3.63) is 23.0 Å². The fourth-order valence-corrected chi connectivity index (χ4v) is 3.58. The van der Waals surface area contributed by atoms with E-state index >= 15 is 0 Å². The van der Waals surface area contributed by atoms with Crippen LogP contribution >= 0.6 is 0 Å². The summed E-state index contributed by atoms with van der Waals surface area (Å²) >= 11 is 0. The number of ketones is 2. The van der Waals surface area contributed by atoms with Gasteiger partial charge in [0, 0.05) is 30.5 Å². The molecule has 0 amide bonds. The Balaban J connectivity index is 6.57. The van der Waals surface area contributed by atoms with Crippen LogP contribution in [0.1, 0.15) is 60.8 Å². The van der Waals surface area contributed by atoms with E-state index in [2.05, 4.69) is 5.48 Å². The molecule has 2 unspecified atom stereocenters. The van der Waals surface area contributed by atoms with Gasteiger partial charge >= 0.3 is 0 Å². The number of hydroxylamine groups is 1. The number of allylic oxidation sites excluding steroid dienone is 3. The molecule has 0 aromatic carbocycles. The number of hydrogen-bond acceptors (Lipinski definition) is 7. The van der Waals surface area contributed by atoms with Gasteiger partial charge in [-0.25, -0.2) is 5.48 Å². The van der Waals surface area contributed by atoms with Crippen molar-refractivity contribution in [3.63, 3.8) is 0 Å². The lowest BCUT2D eigenvalue weighted by Gasteiger charge is -2.35. The number of carbonyl (C=O) groups excluding carboxylic acids is 2. The van der Waals surface area contributed by atoms with Crippen LogP contribution in [0.25, 0.3) is 0 Å². The van der Waals surface area contributed by atoms with Gasteiger partial charge in [-0.1, -0.05) is 33.8 Å². The van der Waals surface area contributed by atoms with E-state index in [-0.39, 0.29) is 30.1 Å². The van der Waals surface area contributed by atoms with E-state index in [9.17, 15) is 25.0 Å². The lowest BCUT2D eigenvalue weighted by atomic mass is 9.75. The number of hydrogen-bond donors (Lipinski definition) is 4. The molecule has 7 nitrogen and oxygen atoms in total. The van der Waals surface area contributed by atoms with E-state index in [1.165, 1.54) is 0 Å². The zero-order valence-corrected chi connectivity index (χ0v) is 19.2. The molecular formula is C22H40N2O5. The molecule has 0 radical (unpaired) electrons. The summed E-state index contributed by atoms with van der Waals surface area (Å²) in [6, 6.07) is -0.635. The van der Waals surface area contributed by atoms with E-state index in [0.29, 0.717) is 18.5 Å². The van der Waals surface area contributed by atoms with Crippen molar-refractivity contribution in [1.29, 1.82) is 0 Å². The minimum atomic E-state index is -2.22. The second kappa shape index (κ2) is 12.2. The standard InChI is InChI=1S/C22H40N2O5/c1-9-16(10-2)19(25)17(11-3)20(26)22(28,12-13-24(7)8)21(27)18(14(4)5)15(6)23-29/h9,14-15,18,23,26,28-29H,10-13H2,1-8H3/b16-9-,20-17-/t15?,18?,22-/m0/s1. The summed E-state index contributed by atoms with van der Waals surface area (Å²) in [7, 11) is 3.59. The van der Waals surface area contributed by atoms with Crippen molar-refractivity contribution in [3.8, 4) is 0 Å². The fourth-order valence-electron chi connectivity index (χ4n) is 3.58. The normalized spacial score (nSPS) is 17.7. The van der Waals surface area contributed by atoms with Crippen molar-refractivity contribution in [2.24, 2.45) is 11.8 Å². The molecule has 7 heteroatoms. The highest BCUT2D eigenvalue weighted by atomic mass is 16.5. The lowest BCUT2D eigenvalue weighted by molar-refractivity contribution is -0.145. The highest BCUT2D eigenvalue weighted by molar-refractivity contribution is 6.09. The molecule has 0 saturated heterocycles. The molecule has 0 bridgehead atoms. The number of nitrogens with one attached hydrogen (secondary N) is 1. The van der Waals surface area contributed by atoms with Gasteiger partial charge < -0.3 is 20.3 Å². The first-order valence-corrected chi connectivity index (χ1v) is 10.4. The fraction of sp³-hybridized carbons (Fsp3) is 0.727. The van der Waals surface area contributed by atoms with Gasteiger partial charge in [0.15, 0.2) is 17.2 Å². The Kier molecular flexibility index (Phi) is 11.6. The molecule has 0 fully saturated rings. The van der Waals surface area contributed by atoms with Crippen molar-refractivity contribution >= 4 is 11.6 Å². The van der Waals surface area contributed by atoms with Gasteiger partial charge in [0.25, 0.3) is 0 Å². The van der Waals surface area contributed by atoms with Gasteiger partial charge in [-0.3, -0.25) is 9.59 Å². The Labute approximate surface area is 175 Å². The monoisotopic (exact) mass is 412 g/mol. The first-order chi connectivity index (χ1) is 13.4. The molecule has 29 heavy (non-hydrogen) atoms. The van der Waals surface area contributed by atoms with Crippen LogP contribution in [0.4, 0.5) is 0 Å². The van der Waals surface area contributed by atoms with Gasteiger partial charge in [-0.2, -0.15) is 0 Å². The van der Waals surface area contributed by atoms with Crippen LogP contribution in [-0.2, 0) is 9.59 Å². The molecule has 3 atom stereocenters. The largest absolute Gasteiger partial charge is 0.508 e. The topological polar surface area (TPSA) is 110 Å². The van der Waals surface area contributed by atoms with E-state index in [0.717, 1.165) is 0 Å². The summed E-state index contributed by atoms with van der Waals surface area (Å²) < 4.78 is 0. The van der Waals surface area contributed by atoms with E-state index in [4.69, 9.17) is 0 Å². The summed E-state index contributed by atoms with van der Waals surface area (Å²) in [5, 5.41) is 31.9. The van der Waals surface area contributed by atoms with E-state index in [1.807, 2.05) is 20.8 Å². The number of aliphatic hydroxyl groups excluding tert-OH is 1. The maximum Gasteiger partial charge on any atom is 0.188 e. The zero-order valence-electron chi connectivity index (χ0n) is 19.2. The molecule has 0 heterocycles. The van der Waals surface area contributed by atoms with Crippen LogP contribution in [0.5, 0.6) is 0 Å². The Morgan fingerprint density at radius 3 is 2.03 bits per heavy atom. The van der Waals surface area contributed by atoms with Crippen molar-refractivity contribution in [1.82, 2.24) is 10.4 Å². The summed E-state index contributed by atoms with van der Waals surface area (Å²) in [5.74, 6) is -2.53. The number of Topliss-reactive ketones (excluding diaryl/α,β-unsaturated/α-hetero) is 2. The average Bonchev–Trinajstić information content (AvgIpc) is 2.66. The SMILES string of the molecule is C/C=C(/CC)C(=O)/C(CC)=C(\O)[C@@](O)(CCN(C)C)C(=O)C(C(C)C)C(C)NO. The van der Waals surface area contributed by atoms with Crippen LogP contribution in [0.15, 0.2) is 23.0 Å². The minimum Gasteiger partial charge on any atom is -0.508 e. The van der Waals surface area contributed by atoms with Gasteiger partial charge in [-0.05, 0) is 52.3 Å². The quantitative estimate of drug-likeness (QED) is 0.209. The summed E-state index contributed by atoms with van der Waals surface area (Å²) in [4.78, 5) is 28.2. The molecule has 0 aliphatic heterocycles. The minimum absolute atomic E-state index is 0.0432. The van der Waals surface area contributed by atoms with Gasteiger partial charge in [0.1, 0.15) is 5.76 Å². The molecule has 0 saturated carbocycles. The molecular weight excluding hydrogens is 372 g/mol. The molecule has 0 aliphatic carbocycles. The first kappa shape index (κ1) is 27.5. The molecule has 168 valence electrons. The van der Waals surface area contributed by atoms with Crippen LogP contribution in [0, 0.1) is 11.8 Å². The first-order valence-electron chi connectivity index (χ1n) is 10.4. The van der Waals surface area contributed by atoms with Crippen LogP contribution < -0.4 is 5.48 Å². The van der Waals surface area contributed by atoms with Gasteiger partial charge in [-0.15, -0.1) is 0 Å². The summed E-state index contributed by atoms with van der Waals surface area (Å²) in [5.41, 5.74) is 0.424. The van der Waals surface area contributed by atoms with E-state index < -0.39 is 29.1 Å². The Morgan fingerprint density at radius 1 is 1.14 bits per heavy atom. The number of carbonyl (C=O) groups is 2. The van der Waals surface area contributed by atoms with Crippen molar-refractivity contribution < 1.29 is 25.0 Å². The Bertz CT molecular complexity index is 625. The highest BCUT2D eigenvalue weighted by Gasteiger charge is 2.47. The van der Waals surface area contributed by atoms with Crippen LogP contribution in [0.2, 0.25) is 0 Å². The Morgan fingerprint density at radius 2 is 1.69 bits per heavy atom. The summed E-state index contributed by atoms with van der Waals surface area (Å²) in [6.07, 6.45) is 2.27. The predicted octanol–water partition coefficient (Wildman–Crippen LogP) is 3.03. The molecule has 0 rings (SSSR count). The number of aliphatic hydroxyl groups is 2. The molecule has 0 spiro atoms. The second-order valence-electron chi connectivity index (χ2n) is 8.14. The summed E-state index contributed by atoms with van der Waals surface area (Å²) in [6.45, 7) is 10.9. The van der Waals surface area contributed by atoms with Gasteiger partial charge in [0.05, 0.1) is 0 Å². The number of nitrogens with zero attached hydrogens (tertiary/aromatic N) is 1. The average molecular weight is 413 g/mol. The van der Waals surface area contributed by atoms with Crippen LogP contribution in [0.3, 0.4) is 0 Å². The third-order valence-electron chi connectivity index (χ3n) is 5.42. The molecule has 0 aromatic heterocycles. The Hall–Kier alpha value is -1.54. The van der Waals surface area contributed by atoms with E-state index in [1.54, 1.807) is 45.8 Å². The van der Waals surface area contributed by atoms with Crippen molar-refractivity contribution in [2.45, 2.75) is 72.4 Å². The maximum atomic E-state index is 13.5. The maximum absolute atomic E-state index is 13.5. The molecule has 0 aromatic rings. The molecule has 0 aliphatic rings. The predicted molar refractivity (Wildman–Crippen MR) is 115 cm³/mol. The number of rotatable bonds is 13. The van der Waals surface area contributed by atoms with Crippen LogP contribution in [-0.4, -0.2) is 64.2 Å². The third-order valence-corrected chi connectivity index (χ3v) is 5.42. The zero-order chi connectivity index (χ0) is 22.9. The second-order valence-corrected chi connectivity index (χ2v) is 8.14.